The quantitative estimate of drug-likeness (QED) is 0.656. The standard InChI is InChI=1S/C20H23N5O3/c1-25-17(15-6-8-21-9-7-15)11-16(24-25)13-23-20(26)22-12-14-4-5-18(27-2)19(10-14)28-3/h4-11H,12-13H2,1-3H3,(H2,22,23,26). The van der Waals surface area contributed by atoms with Crippen molar-refractivity contribution in [3.8, 4) is 22.8 Å². The third-order valence-corrected chi connectivity index (χ3v) is 4.24. The topological polar surface area (TPSA) is 90.3 Å². The van der Waals surface area contributed by atoms with Crippen LogP contribution in [0.5, 0.6) is 11.5 Å². The van der Waals surface area contributed by atoms with E-state index in [1.807, 2.05) is 43.4 Å². The van der Waals surface area contributed by atoms with Crippen LogP contribution in [0.2, 0.25) is 0 Å². The maximum absolute atomic E-state index is 12.1. The van der Waals surface area contributed by atoms with Gasteiger partial charge in [-0.2, -0.15) is 5.10 Å². The number of nitrogens with zero attached hydrogens (tertiary/aromatic N) is 3. The minimum Gasteiger partial charge on any atom is -0.493 e. The number of rotatable bonds is 7. The molecule has 0 saturated carbocycles. The SMILES string of the molecule is COc1ccc(CNC(=O)NCc2cc(-c3ccncc3)n(C)n2)cc1OC. The van der Waals surface area contributed by atoms with Crippen LogP contribution in [0.4, 0.5) is 4.79 Å². The molecule has 0 atom stereocenters. The summed E-state index contributed by atoms with van der Waals surface area (Å²) in [5.41, 5.74) is 3.67. The van der Waals surface area contributed by atoms with Crippen molar-refractivity contribution in [3.05, 3.63) is 60.0 Å². The van der Waals surface area contributed by atoms with Gasteiger partial charge in [0, 0.05) is 31.5 Å². The van der Waals surface area contributed by atoms with E-state index in [9.17, 15) is 4.79 Å². The van der Waals surface area contributed by atoms with E-state index in [-0.39, 0.29) is 6.03 Å². The van der Waals surface area contributed by atoms with Crippen LogP contribution < -0.4 is 20.1 Å². The summed E-state index contributed by atoms with van der Waals surface area (Å²) in [4.78, 5) is 16.1. The molecule has 0 aliphatic carbocycles. The van der Waals surface area contributed by atoms with E-state index < -0.39 is 0 Å². The number of hydrogen-bond acceptors (Lipinski definition) is 5. The third-order valence-electron chi connectivity index (χ3n) is 4.24. The van der Waals surface area contributed by atoms with E-state index in [0.29, 0.717) is 24.6 Å². The van der Waals surface area contributed by atoms with Crippen molar-refractivity contribution >= 4 is 6.03 Å². The minimum absolute atomic E-state index is 0.272. The minimum atomic E-state index is -0.272. The molecule has 3 aromatic rings. The summed E-state index contributed by atoms with van der Waals surface area (Å²) in [7, 11) is 5.03. The van der Waals surface area contributed by atoms with Crippen molar-refractivity contribution in [3.63, 3.8) is 0 Å². The lowest BCUT2D eigenvalue weighted by atomic mass is 10.2. The molecule has 1 aromatic carbocycles. The van der Waals surface area contributed by atoms with E-state index >= 15 is 0 Å². The molecule has 2 heterocycles. The Morgan fingerprint density at radius 1 is 1.00 bits per heavy atom. The Morgan fingerprint density at radius 3 is 2.43 bits per heavy atom. The van der Waals surface area contributed by atoms with Crippen LogP contribution in [-0.2, 0) is 20.1 Å². The van der Waals surface area contributed by atoms with Crippen molar-refractivity contribution in [1.82, 2.24) is 25.4 Å². The average Bonchev–Trinajstić information content (AvgIpc) is 3.11. The van der Waals surface area contributed by atoms with E-state index in [4.69, 9.17) is 9.47 Å². The largest absolute Gasteiger partial charge is 0.493 e. The number of nitrogens with one attached hydrogen (secondary N) is 2. The Kier molecular flexibility index (Phi) is 6.11. The predicted octanol–water partition coefficient (Wildman–Crippen LogP) is 2.50. The first-order valence-corrected chi connectivity index (χ1v) is 8.76. The zero-order valence-electron chi connectivity index (χ0n) is 16.1. The monoisotopic (exact) mass is 381 g/mol. The van der Waals surface area contributed by atoms with Crippen LogP contribution in [0.3, 0.4) is 0 Å². The summed E-state index contributed by atoms with van der Waals surface area (Å²) < 4.78 is 12.3. The lowest BCUT2D eigenvalue weighted by molar-refractivity contribution is 0.240. The molecule has 2 N–H and O–H groups in total. The molecule has 0 bridgehead atoms. The fourth-order valence-electron chi connectivity index (χ4n) is 2.81. The van der Waals surface area contributed by atoms with Crippen LogP contribution in [0.25, 0.3) is 11.3 Å². The number of aryl methyl sites for hydroxylation is 1. The Bertz CT molecular complexity index is 940. The average molecular weight is 381 g/mol. The van der Waals surface area contributed by atoms with Crippen molar-refractivity contribution in [2.24, 2.45) is 7.05 Å². The predicted molar refractivity (Wildman–Crippen MR) is 105 cm³/mol. The van der Waals surface area contributed by atoms with Crippen LogP contribution in [0.15, 0.2) is 48.8 Å². The molecule has 0 saturated heterocycles. The number of carbonyl (C=O) groups is 1. The number of urea groups is 1. The summed E-state index contributed by atoms with van der Waals surface area (Å²) in [6.07, 6.45) is 3.48. The Morgan fingerprint density at radius 2 is 1.71 bits per heavy atom. The number of ether oxygens (including phenoxy) is 2. The molecule has 3 rings (SSSR count). The first kappa shape index (κ1) is 19.2. The Hall–Kier alpha value is -3.55. The van der Waals surface area contributed by atoms with Gasteiger partial charge in [-0.3, -0.25) is 9.67 Å². The van der Waals surface area contributed by atoms with Gasteiger partial charge in [-0.15, -0.1) is 0 Å². The van der Waals surface area contributed by atoms with Crippen LogP contribution >= 0.6 is 0 Å². The Labute approximate surface area is 163 Å². The number of amides is 2. The van der Waals surface area contributed by atoms with Gasteiger partial charge in [0.05, 0.1) is 32.2 Å². The molecular weight excluding hydrogens is 358 g/mol. The van der Waals surface area contributed by atoms with Crippen LogP contribution in [0.1, 0.15) is 11.3 Å². The van der Waals surface area contributed by atoms with Gasteiger partial charge >= 0.3 is 6.03 Å². The molecule has 0 radical (unpaired) electrons. The number of methoxy groups -OCH3 is 2. The van der Waals surface area contributed by atoms with Crippen molar-refractivity contribution in [2.75, 3.05) is 14.2 Å². The number of pyridine rings is 1. The van der Waals surface area contributed by atoms with Gasteiger partial charge in [0.1, 0.15) is 0 Å². The molecule has 8 nitrogen and oxygen atoms in total. The molecule has 2 aromatic heterocycles. The zero-order chi connectivity index (χ0) is 19.9. The van der Waals surface area contributed by atoms with E-state index in [0.717, 1.165) is 22.5 Å². The smallest absolute Gasteiger partial charge is 0.315 e. The first-order chi connectivity index (χ1) is 13.6. The van der Waals surface area contributed by atoms with Gasteiger partial charge in [0.25, 0.3) is 0 Å². The third kappa shape index (κ3) is 4.59. The summed E-state index contributed by atoms with van der Waals surface area (Å²) >= 11 is 0. The lowest BCUT2D eigenvalue weighted by Gasteiger charge is -2.10. The summed E-state index contributed by atoms with van der Waals surface area (Å²) in [5.74, 6) is 1.27. The van der Waals surface area contributed by atoms with E-state index in [2.05, 4.69) is 20.7 Å². The molecule has 0 aliphatic heterocycles. The maximum atomic E-state index is 12.1. The molecule has 0 aliphatic rings. The molecule has 0 fully saturated rings. The van der Waals surface area contributed by atoms with Gasteiger partial charge in [0.15, 0.2) is 11.5 Å². The highest BCUT2D eigenvalue weighted by molar-refractivity contribution is 5.73. The van der Waals surface area contributed by atoms with Crippen molar-refractivity contribution in [1.29, 1.82) is 0 Å². The number of carbonyl (C=O) groups excluding carboxylic acids is 1. The molecule has 28 heavy (non-hydrogen) atoms. The second kappa shape index (κ2) is 8.90. The summed E-state index contributed by atoms with van der Waals surface area (Å²) in [6, 6.07) is 11.0. The zero-order valence-corrected chi connectivity index (χ0v) is 16.1. The number of hydrogen-bond donors (Lipinski definition) is 2. The normalized spacial score (nSPS) is 10.4. The fourth-order valence-corrected chi connectivity index (χ4v) is 2.81. The molecule has 0 unspecified atom stereocenters. The van der Waals surface area contributed by atoms with Crippen LogP contribution in [0, 0.1) is 0 Å². The molecule has 146 valence electrons. The van der Waals surface area contributed by atoms with Gasteiger partial charge in [-0.05, 0) is 35.9 Å². The molecule has 8 heteroatoms. The lowest BCUT2D eigenvalue weighted by Crippen LogP contribution is -2.34. The van der Waals surface area contributed by atoms with Gasteiger partial charge in [0.2, 0.25) is 0 Å². The summed E-state index contributed by atoms with van der Waals surface area (Å²) in [6.45, 7) is 0.702. The number of benzene rings is 1. The second-order valence-electron chi connectivity index (χ2n) is 6.11. The van der Waals surface area contributed by atoms with Gasteiger partial charge < -0.3 is 20.1 Å². The maximum Gasteiger partial charge on any atom is 0.315 e. The second-order valence-corrected chi connectivity index (χ2v) is 6.11. The highest BCUT2D eigenvalue weighted by Gasteiger charge is 2.09. The van der Waals surface area contributed by atoms with E-state index in [1.54, 1.807) is 31.3 Å². The van der Waals surface area contributed by atoms with Crippen molar-refractivity contribution < 1.29 is 14.3 Å². The highest BCUT2D eigenvalue weighted by Crippen LogP contribution is 2.27. The molecular formula is C20H23N5O3. The van der Waals surface area contributed by atoms with E-state index in [1.165, 1.54) is 0 Å². The Balaban J connectivity index is 1.54. The molecule has 0 spiro atoms. The number of aromatic nitrogens is 3. The summed E-state index contributed by atoms with van der Waals surface area (Å²) in [5, 5.41) is 10.1. The fraction of sp³-hybridized carbons (Fsp3) is 0.250. The van der Waals surface area contributed by atoms with Gasteiger partial charge in [-0.25, -0.2) is 4.79 Å². The van der Waals surface area contributed by atoms with Gasteiger partial charge in [-0.1, -0.05) is 6.07 Å². The van der Waals surface area contributed by atoms with Crippen molar-refractivity contribution in [2.45, 2.75) is 13.1 Å². The van der Waals surface area contributed by atoms with Crippen LogP contribution in [-0.4, -0.2) is 35.0 Å². The highest BCUT2D eigenvalue weighted by atomic mass is 16.5. The molecule has 2 amide bonds. The first-order valence-electron chi connectivity index (χ1n) is 8.76.